The Hall–Kier alpha value is -1.22. The van der Waals surface area contributed by atoms with Gasteiger partial charge >= 0.3 is 0 Å². The summed E-state index contributed by atoms with van der Waals surface area (Å²) in [5, 5.41) is 2.83. The van der Waals surface area contributed by atoms with Gasteiger partial charge in [0, 0.05) is 18.0 Å². The molecule has 0 aliphatic carbocycles. The normalized spacial score (nSPS) is 10.5. The molecule has 1 aromatic carbocycles. The topological polar surface area (TPSA) is 38.3 Å². The Kier molecular flexibility index (Phi) is 7.34. The highest BCUT2D eigenvalue weighted by molar-refractivity contribution is 6.18. The standard InChI is InChI=1S/C15H22ClNO2/c1-12(2)9-11-19-14-7-5-13(6-8-14)17-15(18)4-3-10-16/h5-8,12H,3-4,9-11H2,1-2H3,(H,17,18). The van der Waals surface area contributed by atoms with Crippen LogP contribution < -0.4 is 10.1 Å². The van der Waals surface area contributed by atoms with E-state index in [1.54, 1.807) is 0 Å². The molecule has 1 amide bonds. The van der Waals surface area contributed by atoms with Gasteiger partial charge in [-0.3, -0.25) is 4.79 Å². The average Bonchev–Trinajstić information content (AvgIpc) is 2.38. The van der Waals surface area contributed by atoms with Crippen molar-refractivity contribution in [3.8, 4) is 5.75 Å². The molecule has 0 saturated carbocycles. The van der Waals surface area contributed by atoms with Crippen molar-refractivity contribution in [1.82, 2.24) is 0 Å². The van der Waals surface area contributed by atoms with Crippen LogP contribution in [0.2, 0.25) is 0 Å². The number of carbonyl (C=O) groups excluding carboxylic acids is 1. The molecule has 19 heavy (non-hydrogen) atoms. The lowest BCUT2D eigenvalue weighted by atomic mass is 10.1. The first-order valence-electron chi connectivity index (χ1n) is 6.70. The molecule has 0 fully saturated rings. The van der Waals surface area contributed by atoms with E-state index in [-0.39, 0.29) is 5.91 Å². The van der Waals surface area contributed by atoms with Crippen molar-refractivity contribution >= 4 is 23.2 Å². The molecule has 1 N–H and O–H groups in total. The minimum Gasteiger partial charge on any atom is -0.494 e. The molecule has 0 spiro atoms. The maximum absolute atomic E-state index is 11.5. The summed E-state index contributed by atoms with van der Waals surface area (Å²) in [6, 6.07) is 7.45. The van der Waals surface area contributed by atoms with Gasteiger partial charge in [-0.25, -0.2) is 0 Å². The summed E-state index contributed by atoms with van der Waals surface area (Å²) in [6.45, 7) is 5.06. The molecule has 0 aliphatic heterocycles. The summed E-state index contributed by atoms with van der Waals surface area (Å²) in [5.41, 5.74) is 0.788. The number of rotatable bonds is 8. The molecule has 0 aliphatic rings. The Morgan fingerprint density at radius 1 is 1.32 bits per heavy atom. The molecule has 0 heterocycles. The van der Waals surface area contributed by atoms with Gasteiger partial charge in [0.15, 0.2) is 0 Å². The van der Waals surface area contributed by atoms with Gasteiger partial charge in [-0.15, -0.1) is 11.6 Å². The van der Waals surface area contributed by atoms with Crippen molar-refractivity contribution in [1.29, 1.82) is 0 Å². The Balaban J connectivity index is 2.36. The van der Waals surface area contributed by atoms with Gasteiger partial charge in [-0.2, -0.15) is 0 Å². The molecular weight excluding hydrogens is 262 g/mol. The van der Waals surface area contributed by atoms with E-state index in [2.05, 4.69) is 19.2 Å². The van der Waals surface area contributed by atoms with Crippen molar-refractivity contribution in [2.75, 3.05) is 17.8 Å². The zero-order chi connectivity index (χ0) is 14.1. The minimum absolute atomic E-state index is 0.00544. The predicted molar refractivity (Wildman–Crippen MR) is 80.0 cm³/mol. The first kappa shape index (κ1) is 15.8. The SMILES string of the molecule is CC(C)CCOc1ccc(NC(=O)CCCCl)cc1. The number of halogens is 1. The number of benzene rings is 1. The van der Waals surface area contributed by atoms with Crippen LogP contribution in [-0.4, -0.2) is 18.4 Å². The molecule has 1 aromatic rings. The number of hydrogen-bond donors (Lipinski definition) is 1. The van der Waals surface area contributed by atoms with Crippen LogP contribution in [0.15, 0.2) is 24.3 Å². The summed E-state index contributed by atoms with van der Waals surface area (Å²) >= 11 is 5.54. The van der Waals surface area contributed by atoms with Crippen LogP contribution in [0.3, 0.4) is 0 Å². The first-order chi connectivity index (χ1) is 9.11. The molecule has 0 atom stereocenters. The lowest BCUT2D eigenvalue weighted by molar-refractivity contribution is -0.116. The molecule has 0 radical (unpaired) electrons. The fraction of sp³-hybridized carbons (Fsp3) is 0.533. The second-order valence-electron chi connectivity index (χ2n) is 4.90. The Morgan fingerprint density at radius 2 is 2.00 bits per heavy atom. The average molecular weight is 284 g/mol. The lowest BCUT2D eigenvalue weighted by Crippen LogP contribution is -2.11. The molecule has 0 saturated heterocycles. The molecule has 0 unspecified atom stereocenters. The van der Waals surface area contributed by atoms with Gasteiger partial charge in [0.2, 0.25) is 5.91 Å². The van der Waals surface area contributed by atoms with Crippen LogP contribution >= 0.6 is 11.6 Å². The number of alkyl halides is 1. The number of carbonyl (C=O) groups is 1. The van der Waals surface area contributed by atoms with Crippen molar-refractivity contribution in [3.63, 3.8) is 0 Å². The zero-order valence-corrected chi connectivity index (χ0v) is 12.4. The summed E-state index contributed by atoms with van der Waals surface area (Å²) in [4.78, 5) is 11.5. The zero-order valence-electron chi connectivity index (χ0n) is 11.6. The number of hydrogen-bond acceptors (Lipinski definition) is 2. The fourth-order valence-corrected chi connectivity index (χ4v) is 1.63. The van der Waals surface area contributed by atoms with Crippen LogP contribution in [0.25, 0.3) is 0 Å². The second-order valence-corrected chi connectivity index (χ2v) is 5.27. The molecule has 106 valence electrons. The molecule has 0 aromatic heterocycles. The van der Waals surface area contributed by atoms with Crippen molar-refractivity contribution < 1.29 is 9.53 Å². The highest BCUT2D eigenvalue weighted by Gasteiger charge is 2.02. The predicted octanol–water partition coefficient (Wildman–Crippen LogP) is 4.07. The third-order valence-corrected chi connectivity index (χ3v) is 2.91. The maximum atomic E-state index is 11.5. The van der Waals surface area contributed by atoms with Crippen LogP contribution in [0.5, 0.6) is 5.75 Å². The molecule has 1 rings (SSSR count). The summed E-state index contributed by atoms with van der Waals surface area (Å²) in [5.74, 6) is 1.98. The summed E-state index contributed by atoms with van der Waals surface area (Å²) in [7, 11) is 0. The maximum Gasteiger partial charge on any atom is 0.224 e. The fourth-order valence-electron chi connectivity index (χ4n) is 1.50. The van der Waals surface area contributed by atoms with E-state index in [1.807, 2.05) is 24.3 Å². The molecule has 3 nitrogen and oxygen atoms in total. The third kappa shape index (κ3) is 7.06. The van der Waals surface area contributed by atoms with Crippen molar-refractivity contribution in [2.45, 2.75) is 33.1 Å². The van der Waals surface area contributed by atoms with Crippen LogP contribution in [0.1, 0.15) is 33.1 Å². The van der Waals surface area contributed by atoms with Crippen LogP contribution in [0.4, 0.5) is 5.69 Å². The van der Waals surface area contributed by atoms with Gasteiger partial charge in [-0.1, -0.05) is 13.8 Å². The Morgan fingerprint density at radius 3 is 2.58 bits per heavy atom. The quantitative estimate of drug-likeness (QED) is 0.731. The van der Waals surface area contributed by atoms with Gasteiger partial charge in [0.25, 0.3) is 0 Å². The number of ether oxygens (including phenoxy) is 1. The van der Waals surface area contributed by atoms with Gasteiger partial charge < -0.3 is 10.1 Å². The number of anilines is 1. The van der Waals surface area contributed by atoms with E-state index < -0.39 is 0 Å². The van der Waals surface area contributed by atoms with Crippen molar-refractivity contribution in [2.24, 2.45) is 5.92 Å². The van der Waals surface area contributed by atoms with E-state index in [0.29, 0.717) is 24.6 Å². The molecular formula is C15H22ClNO2. The summed E-state index contributed by atoms with van der Waals surface area (Å²) in [6.07, 6.45) is 2.19. The van der Waals surface area contributed by atoms with Crippen LogP contribution in [0, 0.1) is 5.92 Å². The van der Waals surface area contributed by atoms with Gasteiger partial charge in [-0.05, 0) is 43.0 Å². The number of amides is 1. The molecule has 4 heteroatoms. The first-order valence-corrected chi connectivity index (χ1v) is 7.24. The Bertz CT molecular complexity index is 376. The minimum atomic E-state index is -0.00544. The van der Waals surface area contributed by atoms with Crippen LogP contribution in [-0.2, 0) is 4.79 Å². The largest absolute Gasteiger partial charge is 0.494 e. The second kappa shape index (κ2) is 8.81. The van der Waals surface area contributed by atoms with Gasteiger partial charge in [0.05, 0.1) is 6.61 Å². The smallest absolute Gasteiger partial charge is 0.224 e. The summed E-state index contributed by atoms with van der Waals surface area (Å²) < 4.78 is 5.61. The van der Waals surface area contributed by atoms with E-state index in [1.165, 1.54) is 0 Å². The highest BCUT2D eigenvalue weighted by atomic mass is 35.5. The Labute approximate surface area is 120 Å². The molecule has 0 bridgehead atoms. The van der Waals surface area contributed by atoms with Crippen molar-refractivity contribution in [3.05, 3.63) is 24.3 Å². The van der Waals surface area contributed by atoms with E-state index in [9.17, 15) is 4.79 Å². The van der Waals surface area contributed by atoms with E-state index >= 15 is 0 Å². The van der Waals surface area contributed by atoms with Gasteiger partial charge in [0.1, 0.15) is 5.75 Å². The number of nitrogens with one attached hydrogen (secondary N) is 1. The highest BCUT2D eigenvalue weighted by Crippen LogP contribution is 2.16. The van der Waals surface area contributed by atoms with E-state index in [0.717, 1.165) is 24.5 Å². The lowest BCUT2D eigenvalue weighted by Gasteiger charge is -2.09. The third-order valence-electron chi connectivity index (χ3n) is 2.64. The monoisotopic (exact) mass is 283 g/mol. The van der Waals surface area contributed by atoms with E-state index in [4.69, 9.17) is 16.3 Å².